The van der Waals surface area contributed by atoms with Gasteiger partial charge in [-0.3, -0.25) is 4.79 Å². The summed E-state index contributed by atoms with van der Waals surface area (Å²) in [6.07, 6.45) is 0.831. The van der Waals surface area contributed by atoms with Crippen molar-refractivity contribution in [3.8, 4) is 0 Å². The number of carbonyl (C=O) groups excluding carboxylic acids is 1. The van der Waals surface area contributed by atoms with Gasteiger partial charge in [-0.2, -0.15) is 0 Å². The smallest absolute Gasteiger partial charge is 0.192 e. The first kappa shape index (κ1) is 13.3. The van der Waals surface area contributed by atoms with Crippen molar-refractivity contribution in [1.29, 1.82) is 0 Å². The van der Waals surface area contributed by atoms with Gasteiger partial charge in [-0.25, -0.2) is 0 Å². The predicted molar refractivity (Wildman–Crippen MR) is 85.6 cm³/mol. The highest BCUT2D eigenvalue weighted by molar-refractivity contribution is 7.80. The normalized spacial score (nSPS) is 20.8. The predicted octanol–water partition coefficient (Wildman–Crippen LogP) is 3.89. The number of ketones is 1. The maximum Gasteiger partial charge on any atom is 0.192 e. The fraction of sp³-hybridized carbons (Fsp3) is 0.294. The van der Waals surface area contributed by atoms with Crippen molar-refractivity contribution in [2.45, 2.75) is 27.2 Å². The zero-order valence-corrected chi connectivity index (χ0v) is 12.7. The van der Waals surface area contributed by atoms with Crippen LogP contribution in [0.5, 0.6) is 0 Å². The molecule has 1 atom stereocenters. The van der Waals surface area contributed by atoms with E-state index in [1.165, 1.54) is 0 Å². The van der Waals surface area contributed by atoms with E-state index in [1.54, 1.807) is 0 Å². The zero-order chi connectivity index (χ0) is 14.4. The number of carbonyl (C=O) groups is 1. The van der Waals surface area contributed by atoms with Gasteiger partial charge in [0.15, 0.2) is 5.78 Å². The van der Waals surface area contributed by atoms with Crippen molar-refractivity contribution in [3.63, 3.8) is 0 Å². The molecule has 1 aromatic carbocycles. The van der Waals surface area contributed by atoms with Crippen LogP contribution in [0.25, 0.3) is 5.70 Å². The lowest BCUT2D eigenvalue weighted by Gasteiger charge is -2.27. The van der Waals surface area contributed by atoms with E-state index in [1.807, 2.05) is 31.2 Å². The van der Waals surface area contributed by atoms with Crippen molar-refractivity contribution < 1.29 is 4.79 Å². The molecular formula is C17H17NOS. The van der Waals surface area contributed by atoms with Crippen LogP contribution >= 0.6 is 12.2 Å². The molecule has 2 nitrogen and oxygen atoms in total. The van der Waals surface area contributed by atoms with Gasteiger partial charge in [0, 0.05) is 33.2 Å². The van der Waals surface area contributed by atoms with Crippen LogP contribution in [-0.4, -0.2) is 10.6 Å². The Hall–Kier alpha value is -1.74. The summed E-state index contributed by atoms with van der Waals surface area (Å²) in [5.74, 6) is 0.207. The zero-order valence-electron chi connectivity index (χ0n) is 11.9. The molecule has 0 saturated carbocycles. The number of hydrogen-bond donors (Lipinski definition) is 1. The molecular weight excluding hydrogens is 266 g/mol. The minimum Gasteiger partial charge on any atom is -0.358 e. The lowest BCUT2D eigenvalue weighted by atomic mass is 9.84. The number of allylic oxidation sites excluding steroid dienone is 3. The van der Waals surface area contributed by atoms with E-state index in [2.05, 4.69) is 19.2 Å². The topological polar surface area (TPSA) is 29.1 Å². The van der Waals surface area contributed by atoms with Crippen molar-refractivity contribution in [2.24, 2.45) is 5.92 Å². The second-order valence-electron chi connectivity index (χ2n) is 5.33. The number of Topliss-reactive ketones (excluding diaryl/α,β-unsaturated/α-hetero) is 1. The Morgan fingerprint density at radius 1 is 1.30 bits per heavy atom. The summed E-state index contributed by atoms with van der Waals surface area (Å²) in [5.41, 5.74) is 5.84. The molecule has 0 spiro atoms. The lowest BCUT2D eigenvalue weighted by molar-refractivity contribution is 0.103. The highest BCUT2D eigenvalue weighted by atomic mass is 32.1. The summed E-state index contributed by atoms with van der Waals surface area (Å²) in [4.78, 5) is 13.6. The maximum absolute atomic E-state index is 12.6. The lowest BCUT2D eigenvalue weighted by Crippen LogP contribution is -2.27. The van der Waals surface area contributed by atoms with E-state index in [4.69, 9.17) is 12.2 Å². The first-order chi connectivity index (χ1) is 9.56. The van der Waals surface area contributed by atoms with E-state index >= 15 is 0 Å². The Balaban J connectivity index is 2.13. The van der Waals surface area contributed by atoms with E-state index < -0.39 is 0 Å². The van der Waals surface area contributed by atoms with Crippen molar-refractivity contribution >= 4 is 28.6 Å². The van der Waals surface area contributed by atoms with E-state index in [-0.39, 0.29) is 11.7 Å². The third-order valence-electron chi connectivity index (χ3n) is 4.16. The van der Waals surface area contributed by atoms with Gasteiger partial charge in [0.25, 0.3) is 0 Å². The minimum absolute atomic E-state index is 0.0681. The van der Waals surface area contributed by atoms with Crippen LogP contribution in [0.2, 0.25) is 0 Å². The number of nitrogens with one attached hydrogen (secondary N) is 1. The first-order valence-electron chi connectivity index (χ1n) is 6.95. The average Bonchev–Trinajstić information content (AvgIpc) is 2.72. The van der Waals surface area contributed by atoms with Crippen LogP contribution in [0, 0.1) is 5.92 Å². The number of hydrogen-bond acceptors (Lipinski definition) is 3. The van der Waals surface area contributed by atoms with Gasteiger partial charge in [0.2, 0.25) is 0 Å². The van der Waals surface area contributed by atoms with Gasteiger partial charge >= 0.3 is 0 Å². The van der Waals surface area contributed by atoms with Crippen molar-refractivity contribution in [2.75, 3.05) is 0 Å². The Bertz CT molecular complexity index is 697. The Kier molecular flexibility index (Phi) is 3.09. The van der Waals surface area contributed by atoms with Crippen molar-refractivity contribution in [3.05, 3.63) is 52.2 Å². The summed E-state index contributed by atoms with van der Waals surface area (Å²) in [6.45, 7) is 6.19. The molecule has 0 fully saturated rings. The molecule has 3 heteroatoms. The van der Waals surface area contributed by atoms with Crippen LogP contribution in [0.15, 0.2) is 41.1 Å². The number of dihydropyridines is 1. The summed E-state index contributed by atoms with van der Waals surface area (Å²) >= 11 is 5.48. The molecule has 0 bridgehead atoms. The van der Waals surface area contributed by atoms with Gasteiger partial charge in [-0.05, 0) is 18.9 Å². The second-order valence-corrected chi connectivity index (χ2v) is 5.82. The monoisotopic (exact) mass is 283 g/mol. The SMILES string of the molecule is CCC(=S)C1=C(C)NC2=C(C(=O)c3ccccc32)C1C. The highest BCUT2D eigenvalue weighted by Gasteiger charge is 2.37. The molecule has 1 heterocycles. The molecule has 0 aromatic heterocycles. The van der Waals surface area contributed by atoms with Gasteiger partial charge in [0.1, 0.15) is 0 Å². The molecule has 0 radical (unpaired) electrons. The van der Waals surface area contributed by atoms with Gasteiger partial charge in [0.05, 0.1) is 5.70 Å². The largest absolute Gasteiger partial charge is 0.358 e. The van der Waals surface area contributed by atoms with Crippen molar-refractivity contribution in [1.82, 2.24) is 5.32 Å². The maximum atomic E-state index is 12.6. The van der Waals surface area contributed by atoms with Gasteiger partial charge in [-0.15, -0.1) is 0 Å². The molecule has 1 aromatic rings. The summed E-state index contributed by atoms with van der Waals surface area (Å²) in [5, 5.41) is 3.41. The molecule has 3 rings (SSSR count). The highest BCUT2D eigenvalue weighted by Crippen LogP contribution is 2.41. The quantitative estimate of drug-likeness (QED) is 0.835. The summed E-state index contributed by atoms with van der Waals surface area (Å²) < 4.78 is 0. The second kappa shape index (κ2) is 4.67. The van der Waals surface area contributed by atoms with E-state index in [0.717, 1.165) is 45.0 Å². The molecule has 1 aliphatic heterocycles. The Morgan fingerprint density at radius 3 is 2.60 bits per heavy atom. The summed E-state index contributed by atoms with van der Waals surface area (Å²) in [6, 6.07) is 7.79. The van der Waals surface area contributed by atoms with Gasteiger partial charge in [-0.1, -0.05) is 50.3 Å². The molecule has 1 aliphatic carbocycles. The van der Waals surface area contributed by atoms with Crippen LogP contribution < -0.4 is 5.32 Å². The van der Waals surface area contributed by atoms with E-state index in [0.29, 0.717) is 0 Å². The van der Waals surface area contributed by atoms with Crippen LogP contribution in [-0.2, 0) is 0 Å². The summed E-state index contributed by atoms with van der Waals surface area (Å²) in [7, 11) is 0. The standard InChI is InChI=1S/C17H17NOS/c1-4-13(20)14-9(2)15-16(18-10(14)3)11-7-5-6-8-12(11)17(15)19/h5-9,18H,4H2,1-3H3. The van der Waals surface area contributed by atoms with Crippen LogP contribution in [0.4, 0.5) is 0 Å². The molecule has 1 N–H and O–H groups in total. The Morgan fingerprint density at radius 2 is 1.95 bits per heavy atom. The average molecular weight is 283 g/mol. The fourth-order valence-electron chi connectivity index (χ4n) is 3.22. The minimum atomic E-state index is 0.0681. The Labute approximate surface area is 124 Å². The molecule has 0 amide bonds. The molecule has 1 unspecified atom stereocenters. The first-order valence-corrected chi connectivity index (χ1v) is 7.36. The molecule has 2 aliphatic rings. The number of benzene rings is 1. The molecule has 0 saturated heterocycles. The number of rotatable bonds is 2. The third-order valence-corrected chi connectivity index (χ3v) is 4.67. The number of fused-ring (bicyclic) bond motifs is 2. The fourth-order valence-corrected chi connectivity index (χ4v) is 3.55. The van der Waals surface area contributed by atoms with Crippen LogP contribution in [0.3, 0.4) is 0 Å². The van der Waals surface area contributed by atoms with Gasteiger partial charge < -0.3 is 5.32 Å². The third kappa shape index (κ3) is 1.70. The number of thiocarbonyl (C=S) groups is 1. The van der Waals surface area contributed by atoms with Crippen LogP contribution in [0.1, 0.15) is 43.1 Å². The molecule has 102 valence electrons. The molecule has 20 heavy (non-hydrogen) atoms. The van der Waals surface area contributed by atoms with E-state index in [9.17, 15) is 4.79 Å².